The highest BCUT2D eigenvalue weighted by Crippen LogP contribution is 2.32. The monoisotopic (exact) mass is 322 g/mol. The van der Waals surface area contributed by atoms with E-state index in [9.17, 15) is 0 Å². The van der Waals surface area contributed by atoms with Crippen molar-refractivity contribution >= 4 is 34.8 Å². The van der Waals surface area contributed by atoms with Crippen LogP contribution in [0.2, 0.25) is 10.0 Å². The summed E-state index contributed by atoms with van der Waals surface area (Å²) in [4.78, 5) is 6.35. The first-order valence-corrected chi connectivity index (χ1v) is 6.87. The number of hydrazine groups is 1. The average molecular weight is 323 g/mol. The average Bonchev–Trinajstić information content (AvgIpc) is 2.41. The van der Waals surface area contributed by atoms with E-state index in [1.54, 1.807) is 20.3 Å². The van der Waals surface area contributed by atoms with Crippen molar-refractivity contribution < 1.29 is 9.47 Å². The summed E-state index contributed by atoms with van der Waals surface area (Å²) >= 11 is 12.2. The number of halogens is 2. The van der Waals surface area contributed by atoms with Gasteiger partial charge in [0.2, 0.25) is 0 Å². The van der Waals surface area contributed by atoms with Crippen molar-refractivity contribution in [1.29, 1.82) is 0 Å². The van der Waals surface area contributed by atoms with Crippen molar-refractivity contribution in [2.75, 3.05) is 44.3 Å². The van der Waals surface area contributed by atoms with Gasteiger partial charge in [-0.1, -0.05) is 23.2 Å². The Morgan fingerprint density at radius 1 is 1.35 bits per heavy atom. The van der Waals surface area contributed by atoms with Gasteiger partial charge < -0.3 is 19.8 Å². The molecule has 3 N–H and O–H groups in total. The zero-order valence-electron chi connectivity index (χ0n) is 11.8. The lowest BCUT2D eigenvalue weighted by Gasteiger charge is -2.30. The fourth-order valence-electron chi connectivity index (χ4n) is 1.82. The molecule has 1 aromatic rings. The number of rotatable bonds is 8. The van der Waals surface area contributed by atoms with E-state index < -0.39 is 0 Å². The molecule has 0 saturated heterocycles. The first-order chi connectivity index (χ1) is 9.54. The maximum atomic E-state index is 6.24. The molecule has 0 bridgehead atoms. The molecule has 8 heteroatoms. The Bertz CT molecular complexity index is 434. The van der Waals surface area contributed by atoms with Gasteiger partial charge in [0.05, 0.1) is 29.3 Å². The Kier molecular flexibility index (Phi) is 7.32. The molecule has 6 nitrogen and oxygen atoms in total. The van der Waals surface area contributed by atoms with Crippen LogP contribution in [0, 0.1) is 0 Å². The molecule has 0 spiro atoms. The van der Waals surface area contributed by atoms with Crippen LogP contribution in [-0.4, -0.2) is 45.0 Å². The van der Waals surface area contributed by atoms with Gasteiger partial charge in [-0.25, -0.2) is 10.8 Å². The molecular formula is C12H20Cl2N4O2. The summed E-state index contributed by atoms with van der Waals surface area (Å²) in [7, 11) is 3.29. The van der Waals surface area contributed by atoms with Crippen LogP contribution in [0.25, 0.3) is 0 Å². The second-order valence-electron chi connectivity index (χ2n) is 4.26. The maximum Gasteiger partial charge on any atom is 0.161 e. The van der Waals surface area contributed by atoms with Gasteiger partial charge in [0.15, 0.2) is 5.82 Å². The van der Waals surface area contributed by atoms with Crippen molar-refractivity contribution in [3.8, 4) is 0 Å². The lowest BCUT2D eigenvalue weighted by atomic mass is 10.2. The zero-order valence-corrected chi connectivity index (χ0v) is 13.3. The third-order valence-corrected chi connectivity index (χ3v) is 3.36. The minimum atomic E-state index is 0.0759. The summed E-state index contributed by atoms with van der Waals surface area (Å²) in [6.45, 7) is 3.72. The number of nitrogens with one attached hydrogen (secondary N) is 1. The quantitative estimate of drug-likeness (QED) is 0.564. The Hall–Kier alpha value is -0.790. The van der Waals surface area contributed by atoms with Crippen molar-refractivity contribution in [1.82, 2.24) is 4.98 Å². The number of hydrogen-bond acceptors (Lipinski definition) is 6. The van der Waals surface area contributed by atoms with E-state index in [2.05, 4.69) is 10.4 Å². The standard InChI is InChI=1S/C12H20Cl2N4O2/c1-8(7-20-3)18(4-5-19-2)12-10(14)6-9(13)11(16-12)17-15/h6,8H,4-5,7,15H2,1-3H3,(H,16,17). The van der Waals surface area contributed by atoms with Gasteiger partial charge in [-0.05, 0) is 13.0 Å². The smallest absolute Gasteiger partial charge is 0.161 e. The number of nitrogens with two attached hydrogens (primary N) is 1. The highest BCUT2D eigenvalue weighted by Gasteiger charge is 2.20. The van der Waals surface area contributed by atoms with Gasteiger partial charge in [0.1, 0.15) is 5.82 Å². The van der Waals surface area contributed by atoms with Gasteiger partial charge in [0, 0.05) is 20.8 Å². The van der Waals surface area contributed by atoms with E-state index in [1.807, 2.05) is 11.8 Å². The third-order valence-electron chi connectivity index (χ3n) is 2.80. The first kappa shape index (κ1) is 17.3. The van der Waals surface area contributed by atoms with E-state index in [4.69, 9.17) is 38.5 Å². The van der Waals surface area contributed by atoms with Crippen molar-refractivity contribution in [3.63, 3.8) is 0 Å². The number of ether oxygens (including phenoxy) is 2. The fourth-order valence-corrected chi connectivity index (χ4v) is 2.34. The highest BCUT2D eigenvalue weighted by atomic mass is 35.5. The summed E-state index contributed by atoms with van der Waals surface area (Å²) < 4.78 is 10.3. The van der Waals surface area contributed by atoms with Crippen LogP contribution in [0.5, 0.6) is 0 Å². The topological polar surface area (TPSA) is 72.6 Å². The van der Waals surface area contributed by atoms with Crippen molar-refractivity contribution in [2.45, 2.75) is 13.0 Å². The van der Waals surface area contributed by atoms with Crippen molar-refractivity contribution in [3.05, 3.63) is 16.1 Å². The molecule has 0 aliphatic carbocycles. The number of aromatic nitrogens is 1. The number of anilines is 2. The molecule has 0 aromatic carbocycles. The number of methoxy groups -OCH3 is 2. The molecule has 0 aliphatic heterocycles. The lowest BCUT2D eigenvalue weighted by molar-refractivity contribution is 0.170. The molecule has 0 fully saturated rings. The van der Waals surface area contributed by atoms with E-state index in [0.717, 1.165) is 0 Å². The van der Waals surface area contributed by atoms with Gasteiger partial charge in [0.25, 0.3) is 0 Å². The van der Waals surface area contributed by atoms with Crippen LogP contribution >= 0.6 is 23.2 Å². The van der Waals surface area contributed by atoms with Crippen LogP contribution < -0.4 is 16.2 Å². The van der Waals surface area contributed by atoms with E-state index in [0.29, 0.717) is 41.4 Å². The fraction of sp³-hybridized carbons (Fsp3) is 0.583. The molecular weight excluding hydrogens is 303 g/mol. The molecule has 1 heterocycles. The maximum absolute atomic E-state index is 6.24. The second-order valence-corrected chi connectivity index (χ2v) is 5.07. The molecule has 0 saturated carbocycles. The molecule has 1 aromatic heterocycles. The normalized spacial score (nSPS) is 12.3. The number of hydrogen-bond donors (Lipinski definition) is 2. The summed E-state index contributed by atoms with van der Waals surface area (Å²) in [5.74, 6) is 6.36. The first-order valence-electron chi connectivity index (χ1n) is 6.12. The number of nitrogen functional groups attached to an aromatic ring is 1. The van der Waals surface area contributed by atoms with E-state index in [1.165, 1.54) is 0 Å². The Morgan fingerprint density at radius 2 is 2.05 bits per heavy atom. The second kappa shape index (κ2) is 8.49. The SMILES string of the molecule is COCCN(c1nc(NN)c(Cl)cc1Cl)C(C)COC. The Labute approximate surface area is 129 Å². The van der Waals surface area contributed by atoms with Crippen LogP contribution in [-0.2, 0) is 9.47 Å². The molecule has 20 heavy (non-hydrogen) atoms. The Morgan fingerprint density at radius 3 is 2.60 bits per heavy atom. The van der Waals surface area contributed by atoms with Gasteiger partial charge in [-0.15, -0.1) is 0 Å². The predicted octanol–water partition coefficient (Wildman–Crippen LogP) is 2.16. The molecule has 1 unspecified atom stereocenters. The molecule has 0 amide bonds. The predicted molar refractivity (Wildman–Crippen MR) is 82.6 cm³/mol. The highest BCUT2D eigenvalue weighted by molar-refractivity contribution is 6.37. The van der Waals surface area contributed by atoms with Crippen LogP contribution in [0.3, 0.4) is 0 Å². The van der Waals surface area contributed by atoms with Crippen LogP contribution in [0.4, 0.5) is 11.6 Å². The largest absolute Gasteiger partial charge is 0.383 e. The van der Waals surface area contributed by atoms with Gasteiger partial charge in [-0.2, -0.15) is 0 Å². The summed E-state index contributed by atoms with van der Waals surface area (Å²) in [6, 6.07) is 1.69. The summed E-state index contributed by atoms with van der Waals surface area (Å²) in [5, 5.41) is 0.820. The van der Waals surface area contributed by atoms with E-state index >= 15 is 0 Å². The van der Waals surface area contributed by atoms with E-state index in [-0.39, 0.29) is 6.04 Å². The summed E-state index contributed by atoms with van der Waals surface area (Å²) in [6.07, 6.45) is 0. The third kappa shape index (κ3) is 4.36. The minimum absolute atomic E-state index is 0.0759. The molecule has 1 rings (SSSR count). The molecule has 1 atom stereocenters. The zero-order chi connectivity index (χ0) is 15.1. The molecule has 0 radical (unpaired) electrons. The van der Waals surface area contributed by atoms with Gasteiger partial charge >= 0.3 is 0 Å². The van der Waals surface area contributed by atoms with Crippen LogP contribution in [0.15, 0.2) is 6.07 Å². The number of pyridine rings is 1. The number of nitrogens with zero attached hydrogens (tertiary/aromatic N) is 2. The van der Waals surface area contributed by atoms with Crippen molar-refractivity contribution in [2.24, 2.45) is 5.84 Å². The Balaban J connectivity index is 3.11. The molecule has 114 valence electrons. The minimum Gasteiger partial charge on any atom is -0.383 e. The molecule has 0 aliphatic rings. The van der Waals surface area contributed by atoms with Crippen LogP contribution in [0.1, 0.15) is 6.92 Å². The lowest BCUT2D eigenvalue weighted by Crippen LogP contribution is -2.39. The summed E-state index contributed by atoms with van der Waals surface area (Å²) in [5.41, 5.74) is 2.45. The van der Waals surface area contributed by atoms with Gasteiger partial charge in [-0.3, -0.25) is 0 Å².